The topological polar surface area (TPSA) is 130 Å². The van der Waals surface area contributed by atoms with Gasteiger partial charge in [-0.15, -0.1) is 0 Å². The molecule has 0 saturated heterocycles. The Labute approximate surface area is 237 Å². The predicted octanol–water partition coefficient (Wildman–Crippen LogP) is 4.85. The Kier molecular flexibility index (Phi) is 13.8. The van der Waals surface area contributed by atoms with E-state index >= 15 is 0 Å². The maximum Gasteiger partial charge on any atom is 0.313 e. The van der Waals surface area contributed by atoms with Crippen LogP contribution in [0.25, 0.3) is 0 Å². The van der Waals surface area contributed by atoms with Crippen LogP contribution in [0.15, 0.2) is 0 Å². The van der Waals surface area contributed by atoms with E-state index in [1.807, 2.05) is 0 Å². The maximum absolute atomic E-state index is 12.4. The summed E-state index contributed by atoms with van der Waals surface area (Å²) in [5, 5.41) is 0. The number of hydrogen-bond acceptors (Lipinski definition) is 9. The molecule has 0 radical (unpaired) electrons. The van der Waals surface area contributed by atoms with E-state index < -0.39 is 23.8 Å². The van der Waals surface area contributed by atoms with Gasteiger partial charge in [0, 0.05) is 17.8 Å². The van der Waals surface area contributed by atoms with Crippen LogP contribution in [0.1, 0.15) is 116 Å². The Balaban J connectivity index is 1.46. The van der Waals surface area contributed by atoms with Crippen LogP contribution in [0.4, 0.5) is 0 Å². The van der Waals surface area contributed by atoms with Crippen LogP contribution in [0, 0.1) is 23.7 Å². The van der Waals surface area contributed by atoms with E-state index in [1.165, 1.54) is 0 Å². The quantitative estimate of drug-likeness (QED) is 0.156. The van der Waals surface area contributed by atoms with Gasteiger partial charge in [-0.3, -0.25) is 28.8 Å². The minimum atomic E-state index is -0.684. The van der Waals surface area contributed by atoms with E-state index in [4.69, 9.17) is 14.2 Å². The van der Waals surface area contributed by atoms with Gasteiger partial charge < -0.3 is 14.2 Å². The summed E-state index contributed by atoms with van der Waals surface area (Å²) in [4.78, 5) is 74.4. The van der Waals surface area contributed by atoms with Crippen LogP contribution in [-0.2, 0) is 43.0 Å². The first-order chi connectivity index (χ1) is 19.3. The molecule has 0 aromatic rings. The Morgan fingerprint density at radius 1 is 0.425 bits per heavy atom. The van der Waals surface area contributed by atoms with Gasteiger partial charge >= 0.3 is 17.9 Å². The van der Waals surface area contributed by atoms with Gasteiger partial charge in [-0.1, -0.05) is 57.8 Å². The van der Waals surface area contributed by atoms with Gasteiger partial charge in [0.15, 0.2) is 0 Å². The fourth-order valence-electron chi connectivity index (χ4n) is 6.06. The zero-order valence-corrected chi connectivity index (χ0v) is 23.8. The van der Waals surface area contributed by atoms with E-state index in [9.17, 15) is 28.8 Å². The molecule has 224 valence electrons. The summed E-state index contributed by atoms with van der Waals surface area (Å²) in [6, 6.07) is 0. The minimum Gasteiger partial charge on any atom is -0.465 e. The van der Waals surface area contributed by atoms with Crippen LogP contribution >= 0.6 is 0 Å². The number of rotatable bonds is 15. The summed E-state index contributed by atoms with van der Waals surface area (Å²) in [5.74, 6) is -3.39. The highest BCUT2D eigenvalue weighted by Gasteiger charge is 2.28. The molecule has 3 rings (SSSR count). The second-order valence-corrected chi connectivity index (χ2v) is 11.8. The molecule has 9 heteroatoms. The first-order valence-electron chi connectivity index (χ1n) is 15.4. The normalized spacial score (nSPS) is 19.1. The minimum absolute atomic E-state index is 0.109. The summed E-state index contributed by atoms with van der Waals surface area (Å²) in [6.45, 7) is -0.653. The lowest BCUT2D eigenvalue weighted by Crippen LogP contribution is -2.29. The standard InChI is InChI=1S/C31H46O9/c32-26(23-10-4-1-5-11-23)16-29(35)38-19-22(20-39-30(36)17-27(33)24-12-6-2-7-13-24)21-40-31(37)18-28(34)25-14-8-3-9-15-25/h22-25H,1-21H2. The van der Waals surface area contributed by atoms with E-state index in [2.05, 4.69) is 0 Å². The second-order valence-electron chi connectivity index (χ2n) is 11.8. The van der Waals surface area contributed by atoms with Crippen molar-refractivity contribution in [1.82, 2.24) is 0 Å². The molecule has 0 N–H and O–H groups in total. The van der Waals surface area contributed by atoms with E-state index in [1.54, 1.807) is 0 Å². The van der Waals surface area contributed by atoms with Crippen molar-refractivity contribution < 1.29 is 43.0 Å². The summed E-state index contributed by atoms with van der Waals surface area (Å²) in [7, 11) is 0. The molecular weight excluding hydrogens is 516 g/mol. The fraction of sp³-hybridized carbons (Fsp3) is 0.806. The van der Waals surface area contributed by atoms with Crippen LogP contribution in [0.3, 0.4) is 0 Å². The number of carbonyl (C=O) groups is 6. The summed E-state index contributed by atoms with van der Waals surface area (Å²) < 4.78 is 15.9. The molecule has 0 heterocycles. The summed E-state index contributed by atoms with van der Waals surface area (Å²) in [5.41, 5.74) is 0. The molecule has 0 amide bonds. The van der Waals surface area contributed by atoms with Gasteiger partial charge in [0.25, 0.3) is 0 Å². The SMILES string of the molecule is O=C(CC(=O)C1CCCCC1)OCC(COC(=O)CC(=O)C1CCCCC1)COC(=O)CC(=O)C1CCCCC1. The van der Waals surface area contributed by atoms with Crippen molar-refractivity contribution in [2.24, 2.45) is 23.7 Å². The van der Waals surface area contributed by atoms with E-state index in [-0.39, 0.29) is 74.2 Å². The second kappa shape index (κ2) is 17.3. The smallest absolute Gasteiger partial charge is 0.313 e. The molecule has 0 unspecified atom stereocenters. The molecule has 0 aliphatic heterocycles. The van der Waals surface area contributed by atoms with Crippen LogP contribution in [-0.4, -0.2) is 55.1 Å². The Morgan fingerprint density at radius 2 is 0.675 bits per heavy atom. The molecule has 0 aromatic heterocycles. The highest BCUT2D eigenvalue weighted by atomic mass is 16.6. The van der Waals surface area contributed by atoms with Gasteiger partial charge in [-0.05, 0) is 38.5 Å². The Hall–Kier alpha value is -2.58. The predicted molar refractivity (Wildman–Crippen MR) is 145 cm³/mol. The lowest BCUT2D eigenvalue weighted by molar-refractivity contribution is -0.154. The average molecular weight is 563 g/mol. The third-order valence-corrected chi connectivity index (χ3v) is 8.58. The van der Waals surface area contributed by atoms with Crippen LogP contribution in [0.2, 0.25) is 0 Å². The molecule has 0 atom stereocenters. The lowest BCUT2D eigenvalue weighted by atomic mass is 9.85. The van der Waals surface area contributed by atoms with Crippen molar-refractivity contribution >= 4 is 35.3 Å². The first kappa shape index (κ1) is 31.9. The Morgan fingerprint density at radius 3 is 0.925 bits per heavy atom. The number of hydrogen-bond donors (Lipinski definition) is 0. The van der Waals surface area contributed by atoms with Gasteiger partial charge in [-0.25, -0.2) is 0 Å². The van der Waals surface area contributed by atoms with E-state index in [0.717, 1.165) is 96.3 Å². The zero-order chi connectivity index (χ0) is 28.7. The van der Waals surface area contributed by atoms with E-state index in [0.29, 0.717) is 0 Å². The number of carbonyl (C=O) groups excluding carboxylic acids is 6. The molecule has 0 spiro atoms. The molecule has 0 aromatic carbocycles. The monoisotopic (exact) mass is 562 g/mol. The van der Waals surface area contributed by atoms with Gasteiger partial charge in [0.05, 0.1) is 5.92 Å². The third-order valence-electron chi connectivity index (χ3n) is 8.58. The molecule has 3 aliphatic rings. The molecular formula is C31H46O9. The molecule has 9 nitrogen and oxygen atoms in total. The molecule has 3 saturated carbocycles. The van der Waals surface area contributed by atoms with Crippen molar-refractivity contribution in [1.29, 1.82) is 0 Å². The zero-order valence-electron chi connectivity index (χ0n) is 23.8. The van der Waals surface area contributed by atoms with Gasteiger partial charge in [0.1, 0.15) is 56.4 Å². The van der Waals surface area contributed by atoms with Crippen molar-refractivity contribution in [3.8, 4) is 0 Å². The lowest BCUT2D eigenvalue weighted by Gasteiger charge is -2.21. The number of ketones is 3. The first-order valence-corrected chi connectivity index (χ1v) is 15.4. The van der Waals surface area contributed by atoms with Crippen molar-refractivity contribution in [2.45, 2.75) is 116 Å². The Bertz CT molecular complexity index is 763. The largest absolute Gasteiger partial charge is 0.465 e. The number of esters is 3. The fourth-order valence-corrected chi connectivity index (χ4v) is 6.06. The van der Waals surface area contributed by atoms with Crippen molar-refractivity contribution in [3.63, 3.8) is 0 Å². The highest BCUT2D eigenvalue weighted by molar-refractivity contribution is 5.98. The van der Waals surface area contributed by atoms with Crippen LogP contribution < -0.4 is 0 Å². The van der Waals surface area contributed by atoms with Crippen molar-refractivity contribution in [2.75, 3.05) is 19.8 Å². The molecule has 40 heavy (non-hydrogen) atoms. The molecule has 3 fully saturated rings. The summed E-state index contributed by atoms with van der Waals surface area (Å²) in [6.07, 6.45) is 13.0. The molecule has 0 bridgehead atoms. The number of ether oxygens (including phenoxy) is 3. The molecule has 3 aliphatic carbocycles. The van der Waals surface area contributed by atoms with Crippen LogP contribution in [0.5, 0.6) is 0 Å². The number of Topliss-reactive ketones (excluding diaryl/α,β-unsaturated/α-hetero) is 3. The highest BCUT2D eigenvalue weighted by Crippen LogP contribution is 2.27. The maximum atomic E-state index is 12.4. The summed E-state index contributed by atoms with van der Waals surface area (Å²) >= 11 is 0. The van der Waals surface area contributed by atoms with Gasteiger partial charge in [-0.2, -0.15) is 0 Å². The average Bonchev–Trinajstić information content (AvgIpc) is 2.98. The van der Waals surface area contributed by atoms with Crippen molar-refractivity contribution in [3.05, 3.63) is 0 Å². The van der Waals surface area contributed by atoms with Gasteiger partial charge in [0.2, 0.25) is 0 Å². The third kappa shape index (κ3) is 11.5.